The van der Waals surface area contributed by atoms with Crippen LogP contribution in [0.5, 0.6) is 0 Å². The molecule has 0 fully saturated rings. The normalized spacial score (nSPS) is 22.2. The molecule has 0 amide bonds. The molecule has 2 heteroatoms. The molecule has 1 atom stereocenters. The van der Waals surface area contributed by atoms with Gasteiger partial charge in [0, 0.05) is 6.04 Å². The number of hydrogen-bond acceptors (Lipinski definition) is 2. The molecule has 0 saturated carbocycles. The van der Waals surface area contributed by atoms with E-state index in [1.807, 2.05) is 0 Å². The van der Waals surface area contributed by atoms with Crippen molar-refractivity contribution in [2.45, 2.75) is 46.6 Å². The molecule has 0 saturated heterocycles. The van der Waals surface area contributed by atoms with Gasteiger partial charge in [-0.2, -0.15) is 5.10 Å². The predicted molar refractivity (Wildman–Crippen MR) is 57.9 cm³/mol. The Labute approximate surface area is 81.1 Å². The maximum Gasteiger partial charge on any atom is 0.0605 e. The summed E-state index contributed by atoms with van der Waals surface area (Å²) in [5.74, 6) is 0.635. The van der Waals surface area contributed by atoms with E-state index in [0.29, 0.717) is 12.0 Å². The van der Waals surface area contributed by atoms with Crippen LogP contribution < -0.4 is 5.43 Å². The van der Waals surface area contributed by atoms with Crippen LogP contribution in [0.2, 0.25) is 0 Å². The van der Waals surface area contributed by atoms with E-state index in [2.05, 4.69) is 44.3 Å². The van der Waals surface area contributed by atoms with Gasteiger partial charge in [-0.1, -0.05) is 19.4 Å². The zero-order chi connectivity index (χ0) is 9.84. The van der Waals surface area contributed by atoms with E-state index in [0.717, 1.165) is 6.42 Å². The molecule has 1 aliphatic rings. The SMILES string of the molecule is CC1=C/C(=N/NC(C)C(C)C)CC1. The Morgan fingerprint density at radius 3 is 2.46 bits per heavy atom. The van der Waals surface area contributed by atoms with Crippen molar-refractivity contribution >= 4 is 5.71 Å². The molecule has 0 aromatic heterocycles. The summed E-state index contributed by atoms with van der Waals surface area (Å²) in [6.45, 7) is 8.73. The van der Waals surface area contributed by atoms with E-state index in [1.54, 1.807) is 0 Å². The molecule has 1 unspecified atom stereocenters. The fourth-order valence-corrected chi connectivity index (χ4v) is 1.18. The minimum absolute atomic E-state index is 0.460. The minimum atomic E-state index is 0.460. The molecule has 1 rings (SSSR count). The maximum atomic E-state index is 4.39. The highest BCUT2D eigenvalue weighted by Crippen LogP contribution is 2.14. The summed E-state index contributed by atoms with van der Waals surface area (Å²) in [7, 11) is 0. The largest absolute Gasteiger partial charge is 0.307 e. The van der Waals surface area contributed by atoms with Gasteiger partial charge in [0.2, 0.25) is 0 Å². The molecule has 1 N–H and O–H groups in total. The van der Waals surface area contributed by atoms with Gasteiger partial charge >= 0.3 is 0 Å². The lowest BCUT2D eigenvalue weighted by Crippen LogP contribution is -2.27. The van der Waals surface area contributed by atoms with Crippen molar-refractivity contribution in [3.05, 3.63) is 11.6 Å². The maximum absolute atomic E-state index is 4.39. The molecule has 0 aromatic carbocycles. The first-order valence-corrected chi connectivity index (χ1v) is 5.09. The van der Waals surface area contributed by atoms with Gasteiger partial charge in [0.25, 0.3) is 0 Å². The van der Waals surface area contributed by atoms with Crippen LogP contribution in [0.15, 0.2) is 16.8 Å². The van der Waals surface area contributed by atoms with Gasteiger partial charge in [0.05, 0.1) is 5.71 Å². The molecule has 0 radical (unpaired) electrons. The van der Waals surface area contributed by atoms with E-state index >= 15 is 0 Å². The summed E-state index contributed by atoms with van der Waals surface area (Å²) in [6, 6.07) is 0.460. The van der Waals surface area contributed by atoms with Crippen molar-refractivity contribution in [2.75, 3.05) is 0 Å². The second-order valence-corrected chi connectivity index (χ2v) is 4.26. The van der Waals surface area contributed by atoms with Gasteiger partial charge < -0.3 is 5.43 Å². The van der Waals surface area contributed by atoms with Gasteiger partial charge in [-0.3, -0.25) is 0 Å². The average Bonchev–Trinajstić information content (AvgIpc) is 2.47. The fraction of sp³-hybridized carbons (Fsp3) is 0.727. The summed E-state index contributed by atoms with van der Waals surface area (Å²) in [5, 5.41) is 4.39. The Hall–Kier alpha value is -0.790. The monoisotopic (exact) mass is 180 g/mol. The Morgan fingerprint density at radius 2 is 2.00 bits per heavy atom. The first kappa shape index (κ1) is 10.3. The van der Waals surface area contributed by atoms with Crippen LogP contribution in [-0.2, 0) is 0 Å². The van der Waals surface area contributed by atoms with Crippen molar-refractivity contribution in [3.63, 3.8) is 0 Å². The molecule has 0 aromatic rings. The Morgan fingerprint density at radius 1 is 1.31 bits per heavy atom. The third-order valence-electron chi connectivity index (χ3n) is 2.60. The Bertz CT molecular complexity index is 226. The summed E-state index contributed by atoms with van der Waals surface area (Å²) in [4.78, 5) is 0. The lowest BCUT2D eigenvalue weighted by Gasteiger charge is -2.14. The summed E-state index contributed by atoms with van der Waals surface area (Å²) in [6.07, 6.45) is 4.46. The molecule has 0 bridgehead atoms. The van der Waals surface area contributed by atoms with E-state index < -0.39 is 0 Å². The van der Waals surface area contributed by atoms with Gasteiger partial charge in [0.1, 0.15) is 0 Å². The number of hydrogen-bond donors (Lipinski definition) is 1. The number of nitrogens with zero attached hydrogens (tertiary/aromatic N) is 1. The van der Waals surface area contributed by atoms with Crippen LogP contribution >= 0.6 is 0 Å². The first-order valence-electron chi connectivity index (χ1n) is 5.09. The molecule has 13 heavy (non-hydrogen) atoms. The van der Waals surface area contributed by atoms with Crippen molar-refractivity contribution in [2.24, 2.45) is 11.0 Å². The highest BCUT2D eigenvalue weighted by Gasteiger charge is 2.08. The van der Waals surface area contributed by atoms with Gasteiger partial charge in [-0.25, -0.2) is 0 Å². The van der Waals surface area contributed by atoms with E-state index in [1.165, 1.54) is 17.7 Å². The quantitative estimate of drug-likeness (QED) is 0.663. The standard InChI is InChI=1S/C11H20N2/c1-8(2)10(4)12-13-11-6-5-9(3)7-11/h7-8,10,12H,5-6H2,1-4H3/b13-11+. The fourth-order valence-electron chi connectivity index (χ4n) is 1.18. The molecule has 1 aliphatic carbocycles. The van der Waals surface area contributed by atoms with E-state index in [-0.39, 0.29) is 0 Å². The third kappa shape index (κ3) is 3.21. The van der Waals surface area contributed by atoms with Crippen molar-refractivity contribution in [1.82, 2.24) is 5.43 Å². The lowest BCUT2D eigenvalue weighted by atomic mass is 10.1. The molecule has 0 aliphatic heterocycles. The molecule has 74 valence electrons. The second-order valence-electron chi connectivity index (χ2n) is 4.26. The lowest BCUT2D eigenvalue weighted by molar-refractivity contribution is 0.438. The molecule has 0 heterocycles. The molecule has 2 nitrogen and oxygen atoms in total. The summed E-state index contributed by atoms with van der Waals surface area (Å²) < 4.78 is 0. The van der Waals surface area contributed by atoms with Crippen LogP contribution in [0, 0.1) is 5.92 Å². The number of rotatable bonds is 3. The highest BCUT2D eigenvalue weighted by atomic mass is 15.3. The van der Waals surface area contributed by atoms with Crippen LogP contribution in [0.25, 0.3) is 0 Å². The van der Waals surface area contributed by atoms with Crippen molar-refractivity contribution in [3.8, 4) is 0 Å². The minimum Gasteiger partial charge on any atom is -0.307 e. The summed E-state index contributed by atoms with van der Waals surface area (Å²) >= 11 is 0. The second kappa shape index (κ2) is 4.45. The smallest absolute Gasteiger partial charge is 0.0605 e. The number of nitrogens with one attached hydrogen (secondary N) is 1. The zero-order valence-electron chi connectivity index (χ0n) is 9.09. The number of allylic oxidation sites excluding steroid dienone is 2. The molecular weight excluding hydrogens is 160 g/mol. The van der Waals surface area contributed by atoms with E-state index in [4.69, 9.17) is 0 Å². The van der Waals surface area contributed by atoms with E-state index in [9.17, 15) is 0 Å². The predicted octanol–water partition coefficient (Wildman–Crippen LogP) is 2.72. The van der Waals surface area contributed by atoms with Crippen LogP contribution in [0.1, 0.15) is 40.5 Å². The van der Waals surface area contributed by atoms with Crippen LogP contribution in [0.3, 0.4) is 0 Å². The van der Waals surface area contributed by atoms with Gasteiger partial charge in [-0.15, -0.1) is 0 Å². The number of hydrazone groups is 1. The van der Waals surface area contributed by atoms with Gasteiger partial charge in [-0.05, 0) is 38.7 Å². The van der Waals surface area contributed by atoms with Crippen molar-refractivity contribution in [1.29, 1.82) is 0 Å². The zero-order valence-corrected chi connectivity index (χ0v) is 9.09. The first-order chi connectivity index (χ1) is 6.09. The van der Waals surface area contributed by atoms with Crippen molar-refractivity contribution < 1.29 is 0 Å². The van der Waals surface area contributed by atoms with Crippen LogP contribution in [0.4, 0.5) is 0 Å². The molecular formula is C11H20N2. The topological polar surface area (TPSA) is 24.4 Å². The van der Waals surface area contributed by atoms with Crippen LogP contribution in [-0.4, -0.2) is 11.8 Å². The Balaban J connectivity index is 2.40. The molecule has 0 spiro atoms. The summed E-state index contributed by atoms with van der Waals surface area (Å²) in [5.41, 5.74) is 5.83. The average molecular weight is 180 g/mol. The Kier molecular flexibility index (Phi) is 3.52. The van der Waals surface area contributed by atoms with Gasteiger partial charge in [0.15, 0.2) is 0 Å². The highest BCUT2D eigenvalue weighted by molar-refractivity contribution is 5.97. The third-order valence-corrected chi connectivity index (χ3v) is 2.60.